The van der Waals surface area contributed by atoms with Gasteiger partial charge in [-0.2, -0.15) is 13.2 Å². The van der Waals surface area contributed by atoms with Crippen LogP contribution >= 0.6 is 11.6 Å². The van der Waals surface area contributed by atoms with E-state index in [-0.39, 0.29) is 23.5 Å². The molecule has 0 N–H and O–H groups in total. The summed E-state index contributed by atoms with van der Waals surface area (Å²) in [7, 11) is 1.23. The summed E-state index contributed by atoms with van der Waals surface area (Å²) in [6, 6.07) is 0.817. The van der Waals surface area contributed by atoms with Gasteiger partial charge in [-0.15, -0.1) is 0 Å². The van der Waals surface area contributed by atoms with Gasteiger partial charge in [0.25, 0.3) is 0 Å². The van der Waals surface area contributed by atoms with E-state index >= 15 is 0 Å². The highest BCUT2D eigenvalue weighted by Gasteiger charge is 2.35. The van der Waals surface area contributed by atoms with Gasteiger partial charge in [-0.1, -0.05) is 11.6 Å². The normalized spacial score (nSPS) is 22.5. The number of carbonyl (C=O) groups is 1. The van der Waals surface area contributed by atoms with Gasteiger partial charge < -0.3 is 14.4 Å². The summed E-state index contributed by atoms with van der Waals surface area (Å²) in [6.07, 6.45) is -4.96. The fourth-order valence-corrected chi connectivity index (χ4v) is 2.49. The Morgan fingerprint density at radius 1 is 1.50 bits per heavy atom. The summed E-state index contributed by atoms with van der Waals surface area (Å²) >= 11 is 5.92. The van der Waals surface area contributed by atoms with E-state index in [0.717, 1.165) is 6.07 Å². The molecular formula is C13H14ClF3N2O3. The Hall–Kier alpha value is -1.54. The smallest absolute Gasteiger partial charge is 0.417 e. The lowest BCUT2D eigenvalue weighted by molar-refractivity contribution is -0.158. The number of rotatable bonds is 2. The first kappa shape index (κ1) is 16.8. The summed E-state index contributed by atoms with van der Waals surface area (Å²) in [5, 5.41) is -0.132. The summed E-state index contributed by atoms with van der Waals surface area (Å²) in [4.78, 5) is 17.0. The topological polar surface area (TPSA) is 51.7 Å². The van der Waals surface area contributed by atoms with E-state index in [2.05, 4.69) is 9.72 Å². The minimum Gasteiger partial charge on any atom is -0.467 e. The van der Waals surface area contributed by atoms with Gasteiger partial charge in [-0.25, -0.2) is 9.78 Å². The standard InChI is InChI=1S/C13H14ClF3N2O3/c1-7-5-19(6-10(22-7)12(20)21-2)11-9(14)3-8(4-18-11)13(15,16)17/h3-4,7,10H,5-6H2,1-2H3/t7-,10+/m1/s1. The molecule has 1 aliphatic rings. The monoisotopic (exact) mass is 338 g/mol. The zero-order valence-electron chi connectivity index (χ0n) is 11.9. The predicted molar refractivity (Wildman–Crippen MR) is 72.8 cm³/mol. The molecule has 22 heavy (non-hydrogen) atoms. The minimum atomic E-state index is -4.51. The van der Waals surface area contributed by atoms with E-state index in [1.165, 1.54) is 7.11 Å². The molecule has 122 valence electrons. The Kier molecular flexibility index (Phi) is 4.81. The van der Waals surface area contributed by atoms with E-state index in [0.29, 0.717) is 12.7 Å². The van der Waals surface area contributed by atoms with Crippen molar-refractivity contribution in [3.05, 3.63) is 22.8 Å². The van der Waals surface area contributed by atoms with Crippen molar-refractivity contribution in [2.75, 3.05) is 25.1 Å². The third-order valence-corrected chi connectivity index (χ3v) is 3.45. The van der Waals surface area contributed by atoms with Gasteiger partial charge in [0.1, 0.15) is 5.82 Å². The number of morpholine rings is 1. The first-order valence-electron chi connectivity index (χ1n) is 6.43. The van der Waals surface area contributed by atoms with Crippen LogP contribution in [0.1, 0.15) is 12.5 Å². The molecule has 0 radical (unpaired) electrons. The second-order valence-corrected chi connectivity index (χ2v) is 5.30. The average Bonchev–Trinajstić information content (AvgIpc) is 2.44. The van der Waals surface area contributed by atoms with Crippen LogP contribution in [0.5, 0.6) is 0 Å². The number of alkyl halides is 3. The number of halogens is 4. The quantitative estimate of drug-likeness (QED) is 0.776. The van der Waals surface area contributed by atoms with Crippen molar-refractivity contribution in [3.63, 3.8) is 0 Å². The largest absolute Gasteiger partial charge is 0.467 e. The Morgan fingerprint density at radius 3 is 2.73 bits per heavy atom. The fraction of sp³-hybridized carbons (Fsp3) is 0.538. The Labute approximate surface area is 130 Å². The maximum atomic E-state index is 12.6. The number of nitrogens with zero attached hydrogens (tertiary/aromatic N) is 2. The lowest BCUT2D eigenvalue weighted by Crippen LogP contribution is -2.50. The summed E-state index contributed by atoms with van der Waals surface area (Å²) in [5.74, 6) is -0.377. The molecule has 0 aromatic carbocycles. The number of methoxy groups -OCH3 is 1. The molecule has 2 rings (SSSR count). The second-order valence-electron chi connectivity index (χ2n) is 4.89. The number of ether oxygens (including phenoxy) is 2. The van der Waals surface area contributed by atoms with Crippen molar-refractivity contribution in [1.82, 2.24) is 4.98 Å². The van der Waals surface area contributed by atoms with Crippen molar-refractivity contribution < 1.29 is 27.4 Å². The first-order chi connectivity index (χ1) is 10.2. The second kappa shape index (κ2) is 6.29. The maximum Gasteiger partial charge on any atom is 0.417 e. The number of hydrogen-bond donors (Lipinski definition) is 0. The molecule has 0 saturated carbocycles. The van der Waals surface area contributed by atoms with Crippen molar-refractivity contribution in [3.8, 4) is 0 Å². The molecule has 2 heterocycles. The van der Waals surface area contributed by atoms with Crippen LogP contribution in [0.4, 0.5) is 19.0 Å². The maximum absolute atomic E-state index is 12.6. The Bertz CT molecular complexity index is 568. The highest BCUT2D eigenvalue weighted by atomic mass is 35.5. The third kappa shape index (κ3) is 3.61. The molecular weight excluding hydrogens is 325 g/mol. The molecule has 1 aromatic heterocycles. The highest BCUT2D eigenvalue weighted by molar-refractivity contribution is 6.33. The zero-order valence-corrected chi connectivity index (χ0v) is 12.6. The van der Waals surface area contributed by atoms with E-state index in [4.69, 9.17) is 16.3 Å². The van der Waals surface area contributed by atoms with Gasteiger partial charge in [0, 0.05) is 12.7 Å². The number of hydrogen-bond acceptors (Lipinski definition) is 5. The van der Waals surface area contributed by atoms with Crippen LogP contribution in [0.2, 0.25) is 5.02 Å². The fourth-order valence-electron chi connectivity index (χ4n) is 2.20. The minimum absolute atomic E-state index is 0.106. The molecule has 0 amide bonds. The van der Waals surface area contributed by atoms with Crippen molar-refractivity contribution in [2.24, 2.45) is 0 Å². The summed E-state index contributed by atoms with van der Waals surface area (Å²) in [6.45, 7) is 2.20. The molecule has 1 aromatic rings. The van der Waals surface area contributed by atoms with Crippen LogP contribution in [0.25, 0.3) is 0 Å². The number of carbonyl (C=O) groups excluding carboxylic acids is 1. The molecule has 1 saturated heterocycles. The molecule has 1 aliphatic heterocycles. The van der Waals surface area contributed by atoms with Gasteiger partial charge in [-0.3, -0.25) is 0 Å². The van der Waals surface area contributed by atoms with Crippen molar-refractivity contribution in [1.29, 1.82) is 0 Å². The van der Waals surface area contributed by atoms with Crippen molar-refractivity contribution in [2.45, 2.75) is 25.3 Å². The van der Waals surface area contributed by atoms with E-state index < -0.39 is 23.8 Å². The van der Waals surface area contributed by atoms with Gasteiger partial charge >= 0.3 is 12.1 Å². The van der Waals surface area contributed by atoms with Gasteiger partial charge in [0.2, 0.25) is 0 Å². The third-order valence-electron chi connectivity index (χ3n) is 3.17. The predicted octanol–water partition coefficient (Wildman–Crippen LogP) is 2.52. The van der Waals surface area contributed by atoms with Crippen LogP contribution < -0.4 is 4.90 Å². The summed E-state index contributed by atoms with van der Waals surface area (Å²) in [5.41, 5.74) is -0.924. The lowest BCUT2D eigenvalue weighted by atomic mass is 10.2. The summed E-state index contributed by atoms with van der Waals surface area (Å²) < 4.78 is 47.9. The number of anilines is 1. The molecule has 0 unspecified atom stereocenters. The first-order valence-corrected chi connectivity index (χ1v) is 6.81. The average molecular weight is 339 g/mol. The van der Waals surface area contributed by atoms with Gasteiger partial charge in [0.15, 0.2) is 6.10 Å². The Morgan fingerprint density at radius 2 is 2.18 bits per heavy atom. The van der Waals surface area contributed by atoms with Crippen LogP contribution in [0.3, 0.4) is 0 Å². The van der Waals surface area contributed by atoms with Crippen LogP contribution in [-0.2, 0) is 20.4 Å². The number of pyridine rings is 1. The molecule has 5 nitrogen and oxygen atoms in total. The van der Waals surface area contributed by atoms with E-state index in [1.807, 2.05) is 0 Å². The molecule has 0 aliphatic carbocycles. The molecule has 1 fully saturated rings. The van der Waals surface area contributed by atoms with E-state index in [9.17, 15) is 18.0 Å². The lowest BCUT2D eigenvalue weighted by Gasteiger charge is -2.36. The molecule has 2 atom stereocenters. The SMILES string of the molecule is COC(=O)[C@@H]1CN(c2ncc(C(F)(F)F)cc2Cl)C[C@@H](C)O1. The van der Waals surface area contributed by atoms with Gasteiger partial charge in [-0.05, 0) is 13.0 Å². The van der Waals surface area contributed by atoms with Crippen LogP contribution in [0.15, 0.2) is 12.3 Å². The van der Waals surface area contributed by atoms with Crippen molar-refractivity contribution >= 4 is 23.4 Å². The Balaban J connectivity index is 2.25. The van der Waals surface area contributed by atoms with Crippen LogP contribution in [-0.4, -0.2) is 43.4 Å². The number of aromatic nitrogens is 1. The molecule has 9 heteroatoms. The molecule has 0 spiro atoms. The molecule has 0 bridgehead atoms. The number of esters is 1. The van der Waals surface area contributed by atoms with Gasteiger partial charge in [0.05, 0.1) is 30.3 Å². The highest BCUT2D eigenvalue weighted by Crippen LogP contribution is 2.34. The van der Waals surface area contributed by atoms with Crippen LogP contribution in [0, 0.1) is 0 Å². The zero-order chi connectivity index (χ0) is 16.5. The van der Waals surface area contributed by atoms with E-state index in [1.54, 1.807) is 11.8 Å².